The molecule has 11 nitrogen and oxygen atoms in total. The number of benzene rings is 2. The molecule has 0 spiro atoms. The lowest BCUT2D eigenvalue weighted by Gasteiger charge is -2.24. The Bertz CT molecular complexity index is 1170. The highest BCUT2D eigenvalue weighted by molar-refractivity contribution is 5.89. The van der Waals surface area contributed by atoms with Crippen molar-refractivity contribution in [2.24, 2.45) is 11.5 Å². The van der Waals surface area contributed by atoms with E-state index in [1.807, 2.05) is 48.5 Å². The Kier molecular flexibility index (Phi) is 13.2. The van der Waals surface area contributed by atoms with Gasteiger partial charge in [0.05, 0.1) is 0 Å². The first-order valence-corrected chi connectivity index (χ1v) is 16.3. The summed E-state index contributed by atoms with van der Waals surface area (Å²) in [4.78, 5) is 54.2. The lowest BCUT2D eigenvalue weighted by atomic mass is 10.1. The molecule has 0 saturated carbocycles. The van der Waals surface area contributed by atoms with Gasteiger partial charge in [-0.3, -0.25) is 19.2 Å². The molecule has 0 aromatic heterocycles. The van der Waals surface area contributed by atoms with Crippen molar-refractivity contribution in [3.05, 3.63) is 59.7 Å². The Morgan fingerprint density at radius 2 is 1.07 bits per heavy atom. The first-order chi connectivity index (χ1) is 21.9. The average Bonchev–Trinajstić information content (AvgIpc) is 3.75. The number of nitrogens with zero attached hydrogens (tertiary/aromatic N) is 2. The van der Waals surface area contributed by atoms with Crippen LogP contribution in [0.15, 0.2) is 48.5 Å². The third-order valence-corrected chi connectivity index (χ3v) is 8.45. The normalized spacial score (nSPS) is 17.7. The van der Waals surface area contributed by atoms with E-state index < -0.39 is 0 Å². The number of nitrogens with one attached hydrogen (secondary N) is 2. The van der Waals surface area contributed by atoms with Crippen LogP contribution in [0.25, 0.3) is 0 Å². The quantitative estimate of drug-likeness (QED) is 0.210. The Morgan fingerprint density at radius 3 is 1.44 bits per heavy atom. The predicted molar refractivity (Wildman–Crippen MR) is 172 cm³/mol. The number of carbonyl (C=O) groups is 4. The molecular formula is C34H48N6O5. The third-order valence-electron chi connectivity index (χ3n) is 8.45. The molecule has 2 aromatic carbocycles. The smallest absolute Gasteiger partial charge is 0.242 e. The fourth-order valence-corrected chi connectivity index (χ4v) is 5.91. The molecule has 2 atom stereocenters. The molecule has 2 saturated heterocycles. The molecule has 0 radical (unpaired) electrons. The van der Waals surface area contributed by atoms with Crippen LogP contribution >= 0.6 is 0 Å². The molecule has 4 rings (SSSR count). The molecule has 0 aliphatic carbocycles. The zero-order valence-electron chi connectivity index (χ0n) is 26.2. The fraction of sp³-hybridized carbons (Fsp3) is 0.529. The number of carbonyl (C=O) groups excluding carboxylic acids is 4. The van der Waals surface area contributed by atoms with Crippen LogP contribution in [-0.2, 0) is 32.0 Å². The summed E-state index contributed by atoms with van der Waals surface area (Å²) in [5.41, 5.74) is 13.0. The van der Waals surface area contributed by atoms with Crippen LogP contribution in [0.5, 0.6) is 11.5 Å². The largest absolute Gasteiger partial charge is 0.457 e. The molecule has 0 unspecified atom stereocenters. The van der Waals surface area contributed by atoms with Gasteiger partial charge in [0.25, 0.3) is 0 Å². The van der Waals surface area contributed by atoms with Crippen LogP contribution in [-0.4, -0.2) is 84.8 Å². The summed E-state index contributed by atoms with van der Waals surface area (Å²) in [7, 11) is 0. The summed E-state index contributed by atoms with van der Waals surface area (Å²) in [5.74, 6) is 1.19. The molecule has 0 bridgehead atoms. The van der Waals surface area contributed by atoms with Crippen molar-refractivity contribution in [2.45, 2.75) is 76.3 Å². The number of hydrogen-bond acceptors (Lipinski definition) is 7. The van der Waals surface area contributed by atoms with E-state index in [2.05, 4.69) is 10.6 Å². The Balaban J connectivity index is 1.19. The topological polar surface area (TPSA) is 160 Å². The predicted octanol–water partition coefficient (Wildman–Crippen LogP) is 2.26. The van der Waals surface area contributed by atoms with Gasteiger partial charge in [-0.2, -0.15) is 0 Å². The van der Waals surface area contributed by atoms with Gasteiger partial charge in [0.1, 0.15) is 23.6 Å². The molecule has 2 aliphatic rings. The number of likely N-dealkylation sites (tertiary alicyclic amines) is 2. The van der Waals surface area contributed by atoms with E-state index in [4.69, 9.17) is 16.2 Å². The van der Waals surface area contributed by atoms with Crippen LogP contribution in [0.4, 0.5) is 0 Å². The van der Waals surface area contributed by atoms with Gasteiger partial charge in [0, 0.05) is 39.0 Å². The molecule has 2 heterocycles. The zero-order chi connectivity index (χ0) is 32.0. The summed E-state index contributed by atoms with van der Waals surface area (Å²) in [6.45, 7) is 3.34. The number of nitrogens with two attached hydrogens (primary N) is 2. The van der Waals surface area contributed by atoms with E-state index in [0.29, 0.717) is 89.3 Å². The summed E-state index contributed by atoms with van der Waals surface area (Å²) < 4.78 is 6.01. The van der Waals surface area contributed by atoms with Crippen molar-refractivity contribution in [1.29, 1.82) is 0 Å². The van der Waals surface area contributed by atoms with E-state index >= 15 is 0 Å². The van der Waals surface area contributed by atoms with Crippen molar-refractivity contribution in [3.63, 3.8) is 0 Å². The van der Waals surface area contributed by atoms with Crippen LogP contribution in [0.1, 0.15) is 62.5 Å². The van der Waals surface area contributed by atoms with Crippen molar-refractivity contribution >= 4 is 23.6 Å². The Labute approximate surface area is 266 Å². The number of rotatable bonds is 16. The highest BCUT2D eigenvalue weighted by Gasteiger charge is 2.34. The second-order valence-corrected chi connectivity index (χ2v) is 11.7. The SMILES string of the molecule is NCCCNC(=O)[C@@H]1CCCN1C(=O)CCc1ccc(Oc2ccc(CCC(=O)N3CCC[C@H]3C(=O)NCCCN)cc2)cc1. The molecule has 6 N–H and O–H groups in total. The van der Waals surface area contributed by atoms with Gasteiger partial charge in [-0.25, -0.2) is 0 Å². The highest BCUT2D eigenvalue weighted by atomic mass is 16.5. The average molecular weight is 621 g/mol. The highest BCUT2D eigenvalue weighted by Crippen LogP contribution is 2.25. The van der Waals surface area contributed by atoms with Gasteiger partial charge in [-0.05, 0) is 99.8 Å². The number of ether oxygens (including phenoxy) is 1. The Morgan fingerprint density at radius 1 is 0.667 bits per heavy atom. The van der Waals surface area contributed by atoms with Gasteiger partial charge in [-0.15, -0.1) is 0 Å². The summed E-state index contributed by atoms with van der Waals surface area (Å²) in [6.07, 6.45) is 6.36. The van der Waals surface area contributed by atoms with E-state index in [-0.39, 0.29) is 35.7 Å². The maximum atomic E-state index is 12.9. The molecule has 2 aromatic rings. The van der Waals surface area contributed by atoms with E-state index in [1.54, 1.807) is 9.80 Å². The van der Waals surface area contributed by atoms with E-state index in [9.17, 15) is 19.2 Å². The van der Waals surface area contributed by atoms with Gasteiger partial charge < -0.3 is 36.6 Å². The lowest BCUT2D eigenvalue weighted by molar-refractivity contribution is -0.138. The second kappa shape index (κ2) is 17.5. The van der Waals surface area contributed by atoms with Crippen molar-refractivity contribution in [1.82, 2.24) is 20.4 Å². The Hall–Kier alpha value is -3.96. The van der Waals surface area contributed by atoms with Crippen molar-refractivity contribution < 1.29 is 23.9 Å². The first kappa shape index (κ1) is 33.9. The maximum absolute atomic E-state index is 12.9. The van der Waals surface area contributed by atoms with Crippen LogP contribution in [0.2, 0.25) is 0 Å². The van der Waals surface area contributed by atoms with Crippen molar-refractivity contribution in [3.8, 4) is 11.5 Å². The summed E-state index contributed by atoms with van der Waals surface area (Å²) >= 11 is 0. The monoisotopic (exact) mass is 620 g/mol. The van der Waals surface area contributed by atoms with Gasteiger partial charge in [-0.1, -0.05) is 24.3 Å². The number of amides is 4. The van der Waals surface area contributed by atoms with Gasteiger partial charge in [0.15, 0.2) is 0 Å². The zero-order valence-corrected chi connectivity index (χ0v) is 26.2. The third kappa shape index (κ3) is 10.0. The van der Waals surface area contributed by atoms with Crippen molar-refractivity contribution in [2.75, 3.05) is 39.3 Å². The fourth-order valence-electron chi connectivity index (χ4n) is 5.91. The molecule has 45 heavy (non-hydrogen) atoms. The van der Waals surface area contributed by atoms with Crippen LogP contribution < -0.4 is 26.8 Å². The van der Waals surface area contributed by atoms with Gasteiger partial charge >= 0.3 is 0 Å². The van der Waals surface area contributed by atoms with E-state index in [0.717, 1.165) is 36.8 Å². The second-order valence-electron chi connectivity index (χ2n) is 11.7. The molecule has 2 aliphatic heterocycles. The maximum Gasteiger partial charge on any atom is 0.242 e. The number of hydrogen-bond donors (Lipinski definition) is 4. The number of aryl methyl sites for hydroxylation is 2. The molecule has 2 fully saturated rings. The summed E-state index contributed by atoms with van der Waals surface area (Å²) in [5, 5.41) is 5.78. The first-order valence-electron chi connectivity index (χ1n) is 16.3. The standard InChI is InChI=1S/C34H48N6O5/c35-19-3-21-37-33(43)29-5-1-23-39(29)31(41)17-11-25-7-13-27(14-8-25)45-28-15-9-26(10-16-28)12-18-32(42)40-24-2-6-30(40)34(44)38-22-4-20-36/h7-10,13-16,29-30H,1-6,11-12,17-24,35-36H2,(H,37,43)(H,38,44)/t29-,30-/m0/s1. The molecule has 4 amide bonds. The minimum atomic E-state index is -0.389. The van der Waals surface area contributed by atoms with Gasteiger partial charge in [0.2, 0.25) is 23.6 Å². The summed E-state index contributed by atoms with van der Waals surface area (Å²) in [6, 6.07) is 14.6. The minimum absolute atomic E-state index is 0.00217. The van der Waals surface area contributed by atoms with Crippen LogP contribution in [0.3, 0.4) is 0 Å². The molecule has 11 heteroatoms. The minimum Gasteiger partial charge on any atom is -0.457 e. The lowest BCUT2D eigenvalue weighted by Crippen LogP contribution is -2.46. The van der Waals surface area contributed by atoms with Crippen LogP contribution in [0, 0.1) is 0 Å². The van der Waals surface area contributed by atoms with E-state index in [1.165, 1.54) is 0 Å². The molecular weight excluding hydrogens is 572 g/mol. The molecule has 244 valence electrons.